The Morgan fingerprint density at radius 2 is 1.70 bits per heavy atom. The number of hydrogen-bond acceptors (Lipinski definition) is 6. The maximum Gasteiger partial charge on any atom is 0.243 e. The molecule has 0 radical (unpaired) electrons. The number of nitrogens with zero attached hydrogens (tertiary/aromatic N) is 2. The molecule has 0 aliphatic carbocycles. The van der Waals surface area contributed by atoms with Gasteiger partial charge in [0.1, 0.15) is 0 Å². The number of hydrogen-bond donors (Lipinski definition) is 2. The molecule has 33 heavy (non-hydrogen) atoms. The van der Waals surface area contributed by atoms with Crippen LogP contribution in [0.2, 0.25) is 0 Å². The summed E-state index contributed by atoms with van der Waals surface area (Å²) in [7, 11) is 0. The second kappa shape index (κ2) is 10.2. The normalized spacial score (nSPS) is 16.9. The minimum atomic E-state index is -0.286. The number of anilines is 1. The van der Waals surface area contributed by atoms with Crippen LogP contribution in [0.5, 0.6) is 11.5 Å². The Morgan fingerprint density at radius 3 is 2.42 bits per heavy atom. The predicted molar refractivity (Wildman–Crippen MR) is 126 cm³/mol. The van der Waals surface area contributed by atoms with Gasteiger partial charge in [-0.2, -0.15) is 0 Å². The topological polar surface area (TPSA) is 83.1 Å². The van der Waals surface area contributed by atoms with E-state index in [4.69, 9.17) is 9.47 Å². The number of rotatable bonds is 7. The van der Waals surface area contributed by atoms with E-state index in [0.717, 1.165) is 61.0 Å². The van der Waals surface area contributed by atoms with E-state index in [1.165, 1.54) is 5.56 Å². The standard InChI is InChI=1S/C25H32N4O4/c1-17-5-4-6-18(2)24(17)27-23(30)14-26-25(31)19(3)29-11-9-28(10-12-29)15-20-7-8-21-22(13-20)33-16-32-21/h4-8,13,19H,9-12,14-16H2,1-3H3,(H,26,31)(H,27,30). The van der Waals surface area contributed by atoms with Crippen LogP contribution in [0.4, 0.5) is 5.69 Å². The summed E-state index contributed by atoms with van der Waals surface area (Å²) >= 11 is 0. The summed E-state index contributed by atoms with van der Waals surface area (Å²) in [6.45, 7) is 10.2. The van der Waals surface area contributed by atoms with Crippen LogP contribution in [0.25, 0.3) is 0 Å². The summed E-state index contributed by atoms with van der Waals surface area (Å²) in [4.78, 5) is 29.5. The number of piperazine rings is 1. The van der Waals surface area contributed by atoms with E-state index in [0.29, 0.717) is 0 Å². The highest BCUT2D eigenvalue weighted by molar-refractivity contribution is 5.96. The van der Waals surface area contributed by atoms with Gasteiger partial charge in [0.05, 0.1) is 12.6 Å². The van der Waals surface area contributed by atoms with Crippen LogP contribution in [0.15, 0.2) is 36.4 Å². The van der Waals surface area contributed by atoms with Crippen molar-refractivity contribution in [3.8, 4) is 11.5 Å². The molecule has 2 aromatic rings. The van der Waals surface area contributed by atoms with Crippen molar-refractivity contribution in [1.29, 1.82) is 0 Å². The highest BCUT2D eigenvalue weighted by Gasteiger charge is 2.26. The molecule has 1 atom stereocenters. The first-order valence-electron chi connectivity index (χ1n) is 11.4. The monoisotopic (exact) mass is 452 g/mol. The molecule has 0 saturated carbocycles. The number of carbonyl (C=O) groups is 2. The third kappa shape index (κ3) is 5.64. The molecule has 1 fully saturated rings. The lowest BCUT2D eigenvalue weighted by Gasteiger charge is -2.37. The maximum absolute atomic E-state index is 12.6. The van der Waals surface area contributed by atoms with Crippen molar-refractivity contribution in [3.63, 3.8) is 0 Å². The smallest absolute Gasteiger partial charge is 0.243 e. The fourth-order valence-electron chi connectivity index (χ4n) is 4.28. The van der Waals surface area contributed by atoms with Crippen molar-refractivity contribution in [2.24, 2.45) is 0 Å². The lowest BCUT2D eigenvalue weighted by atomic mass is 10.1. The lowest BCUT2D eigenvalue weighted by Crippen LogP contribution is -2.54. The number of para-hydroxylation sites is 1. The summed E-state index contributed by atoms with van der Waals surface area (Å²) in [5, 5.41) is 5.69. The fourth-order valence-corrected chi connectivity index (χ4v) is 4.28. The van der Waals surface area contributed by atoms with Crippen molar-refractivity contribution < 1.29 is 19.1 Å². The minimum absolute atomic E-state index is 0.0406. The summed E-state index contributed by atoms with van der Waals surface area (Å²) in [5.74, 6) is 1.25. The first-order chi connectivity index (χ1) is 15.9. The van der Waals surface area contributed by atoms with Gasteiger partial charge in [-0.3, -0.25) is 19.4 Å². The first-order valence-corrected chi connectivity index (χ1v) is 11.4. The number of amides is 2. The predicted octanol–water partition coefficient (Wildman–Crippen LogP) is 2.29. The van der Waals surface area contributed by atoms with Crippen molar-refractivity contribution in [2.45, 2.75) is 33.4 Å². The van der Waals surface area contributed by atoms with Crippen molar-refractivity contribution in [2.75, 3.05) is 44.8 Å². The number of benzene rings is 2. The number of aryl methyl sites for hydroxylation is 2. The van der Waals surface area contributed by atoms with Crippen molar-refractivity contribution in [1.82, 2.24) is 15.1 Å². The van der Waals surface area contributed by atoms with E-state index in [1.807, 2.05) is 51.1 Å². The van der Waals surface area contributed by atoms with Gasteiger partial charge in [0.25, 0.3) is 0 Å². The molecule has 2 aromatic carbocycles. The highest BCUT2D eigenvalue weighted by Crippen LogP contribution is 2.32. The molecule has 0 aromatic heterocycles. The summed E-state index contributed by atoms with van der Waals surface area (Å²) in [6, 6.07) is 11.6. The molecule has 8 nitrogen and oxygen atoms in total. The Morgan fingerprint density at radius 1 is 1.00 bits per heavy atom. The molecule has 4 rings (SSSR count). The third-order valence-electron chi connectivity index (χ3n) is 6.35. The molecule has 1 unspecified atom stereocenters. The molecule has 0 spiro atoms. The second-order valence-corrected chi connectivity index (χ2v) is 8.71. The first kappa shape index (κ1) is 23.1. The molecule has 0 bridgehead atoms. The van der Waals surface area contributed by atoms with Crippen LogP contribution in [0, 0.1) is 13.8 Å². The van der Waals surface area contributed by atoms with Gasteiger partial charge in [-0.1, -0.05) is 24.3 Å². The Bertz CT molecular complexity index is 997. The zero-order valence-electron chi connectivity index (χ0n) is 19.5. The van der Waals surface area contributed by atoms with E-state index in [9.17, 15) is 9.59 Å². The molecule has 2 N–H and O–H groups in total. The minimum Gasteiger partial charge on any atom is -0.454 e. The van der Waals surface area contributed by atoms with Crippen LogP contribution in [0.3, 0.4) is 0 Å². The molecular formula is C25H32N4O4. The van der Waals surface area contributed by atoms with Gasteiger partial charge in [0.2, 0.25) is 18.6 Å². The quantitative estimate of drug-likeness (QED) is 0.671. The van der Waals surface area contributed by atoms with Gasteiger partial charge in [-0.05, 0) is 49.6 Å². The summed E-state index contributed by atoms with van der Waals surface area (Å²) < 4.78 is 10.8. The molecule has 2 aliphatic heterocycles. The van der Waals surface area contributed by atoms with Crippen LogP contribution in [-0.2, 0) is 16.1 Å². The van der Waals surface area contributed by atoms with Gasteiger partial charge in [0, 0.05) is 38.4 Å². The second-order valence-electron chi connectivity index (χ2n) is 8.71. The maximum atomic E-state index is 12.6. The van der Waals surface area contributed by atoms with Crippen LogP contribution in [-0.4, -0.2) is 67.2 Å². The van der Waals surface area contributed by atoms with Gasteiger partial charge in [-0.15, -0.1) is 0 Å². The van der Waals surface area contributed by atoms with Gasteiger partial charge in [0.15, 0.2) is 11.5 Å². The molecule has 1 saturated heterocycles. The molecule has 8 heteroatoms. The molecule has 2 heterocycles. The zero-order valence-corrected chi connectivity index (χ0v) is 19.5. The SMILES string of the molecule is Cc1cccc(C)c1NC(=O)CNC(=O)C(C)N1CCN(Cc2ccc3c(c2)OCO3)CC1. The number of carbonyl (C=O) groups excluding carboxylic acids is 2. The molecular weight excluding hydrogens is 420 g/mol. The summed E-state index contributed by atoms with van der Waals surface area (Å²) in [6.07, 6.45) is 0. The number of ether oxygens (including phenoxy) is 2. The Hall–Kier alpha value is -3.10. The van der Waals surface area contributed by atoms with E-state index >= 15 is 0 Å². The largest absolute Gasteiger partial charge is 0.454 e. The Labute approximate surface area is 194 Å². The van der Waals surface area contributed by atoms with Crippen LogP contribution in [0.1, 0.15) is 23.6 Å². The van der Waals surface area contributed by atoms with E-state index < -0.39 is 0 Å². The molecule has 176 valence electrons. The lowest BCUT2D eigenvalue weighted by molar-refractivity contribution is -0.128. The van der Waals surface area contributed by atoms with E-state index in [2.05, 4.69) is 26.5 Å². The average molecular weight is 453 g/mol. The number of nitrogens with one attached hydrogen (secondary N) is 2. The van der Waals surface area contributed by atoms with E-state index in [-0.39, 0.29) is 31.2 Å². The van der Waals surface area contributed by atoms with Gasteiger partial charge < -0.3 is 20.1 Å². The molecule has 2 aliphatic rings. The van der Waals surface area contributed by atoms with Gasteiger partial charge in [-0.25, -0.2) is 0 Å². The Balaban J connectivity index is 1.21. The van der Waals surface area contributed by atoms with Gasteiger partial charge >= 0.3 is 0 Å². The Kier molecular flexibility index (Phi) is 7.15. The van der Waals surface area contributed by atoms with Crippen LogP contribution >= 0.6 is 0 Å². The highest BCUT2D eigenvalue weighted by atomic mass is 16.7. The van der Waals surface area contributed by atoms with Crippen molar-refractivity contribution >= 4 is 17.5 Å². The molecule has 2 amide bonds. The average Bonchev–Trinajstić information content (AvgIpc) is 3.28. The third-order valence-corrected chi connectivity index (χ3v) is 6.35. The van der Waals surface area contributed by atoms with E-state index in [1.54, 1.807) is 0 Å². The van der Waals surface area contributed by atoms with Crippen molar-refractivity contribution in [3.05, 3.63) is 53.1 Å². The zero-order chi connectivity index (χ0) is 23.4. The summed E-state index contributed by atoms with van der Waals surface area (Å²) in [5.41, 5.74) is 4.00. The van der Waals surface area contributed by atoms with Crippen LogP contribution < -0.4 is 20.1 Å². The fraction of sp³-hybridized carbons (Fsp3) is 0.440. The number of fused-ring (bicyclic) bond motifs is 1.